The number of methoxy groups -OCH3 is 2. The molecule has 5 rings (SSSR count). The van der Waals surface area contributed by atoms with E-state index < -0.39 is 17.7 Å². The third-order valence-corrected chi connectivity index (χ3v) is 8.77. The first-order valence-electron chi connectivity index (χ1n) is 17.0. The molecular weight excluding hydrogens is 620 g/mol. The second-order valence-corrected chi connectivity index (χ2v) is 13.7. The second kappa shape index (κ2) is 16.1. The van der Waals surface area contributed by atoms with Crippen molar-refractivity contribution in [3.05, 3.63) is 89.7 Å². The summed E-state index contributed by atoms with van der Waals surface area (Å²) in [5.74, 6) is 0.741. The van der Waals surface area contributed by atoms with Crippen LogP contribution in [0.5, 0.6) is 0 Å². The van der Waals surface area contributed by atoms with Crippen LogP contribution in [0.15, 0.2) is 72.8 Å². The zero-order valence-electron chi connectivity index (χ0n) is 29.2. The molecule has 0 bridgehead atoms. The Kier molecular flexibility index (Phi) is 11.7. The van der Waals surface area contributed by atoms with Crippen LogP contribution in [0.2, 0.25) is 0 Å². The number of rotatable bonds is 12. The summed E-state index contributed by atoms with van der Waals surface area (Å²) in [5, 5.41) is 2.98. The van der Waals surface area contributed by atoms with Gasteiger partial charge in [-0.2, -0.15) is 0 Å². The number of para-hydroxylation sites is 2. The maximum atomic E-state index is 13.9. The third-order valence-electron chi connectivity index (χ3n) is 8.77. The van der Waals surface area contributed by atoms with E-state index in [0.29, 0.717) is 31.7 Å². The molecule has 1 N–H and O–H groups in total. The molecule has 1 aliphatic heterocycles. The molecule has 10 nitrogen and oxygen atoms in total. The third kappa shape index (κ3) is 9.47. The summed E-state index contributed by atoms with van der Waals surface area (Å²) in [6.45, 7) is 8.17. The molecule has 2 atom stereocenters. The van der Waals surface area contributed by atoms with Gasteiger partial charge in [-0.15, -0.1) is 0 Å². The molecule has 2 heterocycles. The van der Waals surface area contributed by atoms with Crippen LogP contribution in [0.4, 0.5) is 4.79 Å². The Morgan fingerprint density at radius 2 is 1.65 bits per heavy atom. The molecule has 3 aromatic carbocycles. The van der Waals surface area contributed by atoms with Crippen molar-refractivity contribution in [3.63, 3.8) is 0 Å². The lowest BCUT2D eigenvalue weighted by molar-refractivity contribution is -0.133. The van der Waals surface area contributed by atoms with Gasteiger partial charge in [-0.3, -0.25) is 4.79 Å². The highest BCUT2D eigenvalue weighted by Gasteiger charge is 2.30. The monoisotopic (exact) mass is 668 g/mol. The molecule has 10 heteroatoms. The number of carbonyl (C=O) groups excluding carboxylic acids is 3. The molecule has 0 spiro atoms. The van der Waals surface area contributed by atoms with E-state index in [0.717, 1.165) is 59.4 Å². The zero-order chi connectivity index (χ0) is 35.0. The van der Waals surface area contributed by atoms with Crippen molar-refractivity contribution in [1.29, 1.82) is 0 Å². The van der Waals surface area contributed by atoms with Gasteiger partial charge in [-0.1, -0.05) is 48.5 Å². The summed E-state index contributed by atoms with van der Waals surface area (Å²) < 4.78 is 18.0. The van der Waals surface area contributed by atoms with Crippen LogP contribution in [-0.4, -0.2) is 78.0 Å². The highest BCUT2D eigenvalue weighted by Crippen LogP contribution is 2.30. The van der Waals surface area contributed by atoms with E-state index in [1.807, 2.05) is 80.3 Å². The Hall–Kier alpha value is -4.70. The van der Waals surface area contributed by atoms with Crippen LogP contribution in [0, 0.1) is 0 Å². The molecule has 260 valence electrons. The van der Waals surface area contributed by atoms with Crippen LogP contribution in [0.1, 0.15) is 74.1 Å². The summed E-state index contributed by atoms with van der Waals surface area (Å²) in [6, 6.07) is 23.0. The summed E-state index contributed by atoms with van der Waals surface area (Å²) in [7, 11) is 3.08. The van der Waals surface area contributed by atoms with Crippen LogP contribution in [0.25, 0.3) is 22.2 Å². The molecule has 1 fully saturated rings. The van der Waals surface area contributed by atoms with Gasteiger partial charge in [-0.05, 0) is 87.4 Å². The van der Waals surface area contributed by atoms with Crippen molar-refractivity contribution in [2.24, 2.45) is 0 Å². The molecule has 0 saturated carbocycles. The minimum Gasteiger partial charge on any atom is -0.465 e. The number of nitrogens with one attached hydrogen (secondary N) is 1. The number of aromatic nitrogens is 2. The normalized spacial score (nSPS) is 15.5. The van der Waals surface area contributed by atoms with E-state index in [2.05, 4.69) is 16.0 Å². The summed E-state index contributed by atoms with van der Waals surface area (Å²) in [5.41, 5.74) is 4.81. The smallest absolute Gasteiger partial charge is 0.407 e. The first-order valence-corrected chi connectivity index (χ1v) is 17.0. The number of imidazole rings is 1. The van der Waals surface area contributed by atoms with Gasteiger partial charge in [0.15, 0.2) is 0 Å². The molecule has 2 unspecified atom stereocenters. The van der Waals surface area contributed by atoms with E-state index in [9.17, 15) is 14.4 Å². The van der Waals surface area contributed by atoms with E-state index in [4.69, 9.17) is 19.2 Å². The van der Waals surface area contributed by atoms with Crippen LogP contribution in [-0.2, 0) is 32.0 Å². The number of ether oxygens (including phenoxy) is 3. The van der Waals surface area contributed by atoms with Crippen molar-refractivity contribution in [3.8, 4) is 11.1 Å². The van der Waals surface area contributed by atoms with Gasteiger partial charge in [-0.25, -0.2) is 14.6 Å². The minimum atomic E-state index is -0.668. The molecule has 0 radical (unpaired) electrons. The van der Waals surface area contributed by atoms with Gasteiger partial charge in [0, 0.05) is 51.7 Å². The lowest BCUT2D eigenvalue weighted by Crippen LogP contribution is -2.46. The molecule has 1 saturated heterocycles. The predicted molar refractivity (Wildman–Crippen MR) is 189 cm³/mol. The maximum absolute atomic E-state index is 13.9. The van der Waals surface area contributed by atoms with E-state index >= 15 is 0 Å². The fourth-order valence-corrected chi connectivity index (χ4v) is 6.44. The molecule has 4 aromatic rings. The van der Waals surface area contributed by atoms with E-state index in [-0.39, 0.29) is 24.2 Å². The number of fused-ring (bicyclic) bond motifs is 1. The summed E-state index contributed by atoms with van der Waals surface area (Å²) in [4.78, 5) is 45.6. The molecule has 1 aliphatic rings. The van der Waals surface area contributed by atoms with E-state index in [1.165, 1.54) is 7.11 Å². The van der Waals surface area contributed by atoms with Crippen LogP contribution < -0.4 is 5.32 Å². The Bertz CT molecular complexity index is 1730. The van der Waals surface area contributed by atoms with Gasteiger partial charge in [0.05, 0.1) is 23.7 Å². The standard InChI is InChI=1S/C39H48N4O6/c1-39(2,3)49-38(46)40-32(24-27-13-15-28(16-14-27)29-17-19-30(20-18-29)37(45)48-5)25-35(44)42-21-8-10-31(26-42)36-41-33-11-6-7-12-34(33)43(36)22-9-23-47-4/h6-7,11-20,31-32H,8-10,21-26H2,1-5H3,(H,40,46). The molecule has 1 aromatic heterocycles. The number of likely N-dealkylation sites (tertiary alicyclic amines) is 1. The van der Waals surface area contributed by atoms with Gasteiger partial charge >= 0.3 is 12.1 Å². The van der Waals surface area contributed by atoms with Crippen molar-refractivity contribution in [2.45, 2.75) is 77.0 Å². The zero-order valence-corrected chi connectivity index (χ0v) is 29.2. The Morgan fingerprint density at radius 3 is 2.33 bits per heavy atom. The van der Waals surface area contributed by atoms with Gasteiger partial charge in [0.2, 0.25) is 5.91 Å². The topological polar surface area (TPSA) is 112 Å². The first-order chi connectivity index (χ1) is 23.5. The SMILES string of the molecule is COCCCn1c(C2CCCN(C(=O)CC(Cc3ccc(-c4ccc(C(=O)OC)cc4)cc3)NC(=O)OC(C)(C)C)C2)nc2ccccc21. The summed E-state index contributed by atoms with van der Waals surface area (Å²) >= 11 is 0. The fourth-order valence-electron chi connectivity index (χ4n) is 6.44. The van der Waals surface area contributed by atoms with Crippen molar-refractivity contribution < 1.29 is 28.6 Å². The van der Waals surface area contributed by atoms with Crippen molar-refractivity contribution >= 4 is 29.0 Å². The first kappa shape index (κ1) is 35.6. The number of carbonyl (C=O) groups is 3. The molecule has 2 amide bonds. The lowest BCUT2D eigenvalue weighted by Gasteiger charge is -2.34. The predicted octanol–water partition coefficient (Wildman–Crippen LogP) is 6.76. The lowest BCUT2D eigenvalue weighted by atomic mass is 9.95. The number of aryl methyl sites for hydroxylation is 1. The fraction of sp³-hybridized carbons (Fsp3) is 0.436. The number of hydrogen-bond donors (Lipinski definition) is 1. The highest BCUT2D eigenvalue weighted by atomic mass is 16.6. The Morgan fingerprint density at radius 1 is 0.959 bits per heavy atom. The second-order valence-electron chi connectivity index (χ2n) is 13.7. The Balaban J connectivity index is 1.30. The van der Waals surface area contributed by atoms with Crippen molar-refractivity contribution in [2.75, 3.05) is 33.9 Å². The molecule has 0 aliphatic carbocycles. The number of alkyl carbamates (subject to hydrolysis) is 1. The molecule has 49 heavy (non-hydrogen) atoms. The number of benzene rings is 3. The number of piperidine rings is 1. The average Bonchev–Trinajstić information content (AvgIpc) is 3.46. The highest BCUT2D eigenvalue weighted by molar-refractivity contribution is 5.90. The number of amides is 2. The summed E-state index contributed by atoms with van der Waals surface area (Å²) in [6.07, 6.45) is 2.76. The molecular formula is C39H48N4O6. The number of hydrogen-bond acceptors (Lipinski definition) is 7. The van der Waals surface area contributed by atoms with Gasteiger partial charge in [0.25, 0.3) is 0 Å². The van der Waals surface area contributed by atoms with E-state index in [1.54, 1.807) is 19.2 Å². The number of nitrogens with zero attached hydrogens (tertiary/aromatic N) is 3. The number of esters is 1. The maximum Gasteiger partial charge on any atom is 0.407 e. The quantitative estimate of drug-likeness (QED) is 0.131. The van der Waals surface area contributed by atoms with Gasteiger partial charge in [0.1, 0.15) is 11.4 Å². The van der Waals surface area contributed by atoms with Crippen LogP contribution >= 0.6 is 0 Å². The van der Waals surface area contributed by atoms with Crippen molar-refractivity contribution in [1.82, 2.24) is 19.8 Å². The largest absolute Gasteiger partial charge is 0.465 e. The van der Waals surface area contributed by atoms with Crippen LogP contribution in [0.3, 0.4) is 0 Å². The average molecular weight is 669 g/mol. The minimum absolute atomic E-state index is 0.00452. The van der Waals surface area contributed by atoms with Gasteiger partial charge < -0.3 is 29.0 Å². The Labute approximate surface area is 288 Å².